The van der Waals surface area contributed by atoms with Crippen molar-refractivity contribution in [3.05, 3.63) is 40.4 Å². The number of amides is 1. The van der Waals surface area contributed by atoms with Crippen molar-refractivity contribution in [2.45, 2.75) is 32.0 Å². The number of aromatic nitrogens is 2. The maximum absolute atomic E-state index is 14.8. The lowest BCUT2D eigenvalue weighted by molar-refractivity contribution is -0.140. The quantitative estimate of drug-likeness (QED) is 0.781. The fourth-order valence-corrected chi connectivity index (χ4v) is 4.33. The predicted molar refractivity (Wildman–Crippen MR) is 98.9 cm³/mol. The number of aryl methyl sites for hydroxylation is 1. The van der Waals surface area contributed by atoms with Gasteiger partial charge >= 0.3 is 0 Å². The summed E-state index contributed by atoms with van der Waals surface area (Å²) in [4.78, 5) is 14.7. The third-order valence-electron chi connectivity index (χ3n) is 4.97. The Morgan fingerprint density at radius 2 is 1.96 bits per heavy atom. The van der Waals surface area contributed by atoms with E-state index in [4.69, 9.17) is 0 Å². The van der Waals surface area contributed by atoms with Crippen LogP contribution >= 0.6 is 11.3 Å². The normalized spacial score (nSPS) is 24.8. The van der Waals surface area contributed by atoms with Crippen LogP contribution in [0.2, 0.25) is 0 Å². The molecule has 148 valence electrons. The van der Waals surface area contributed by atoms with Crippen molar-refractivity contribution in [3.8, 4) is 0 Å². The molecule has 0 aliphatic carbocycles. The molecule has 1 amide bonds. The summed E-state index contributed by atoms with van der Waals surface area (Å²) < 4.78 is 42.0. The highest BCUT2D eigenvalue weighted by Crippen LogP contribution is 2.34. The van der Waals surface area contributed by atoms with Crippen molar-refractivity contribution >= 4 is 28.6 Å². The molecule has 3 heterocycles. The van der Waals surface area contributed by atoms with Gasteiger partial charge in [0.1, 0.15) is 22.8 Å². The Bertz CT molecular complexity index is 900. The highest BCUT2D eigenvalue weighted by atomic mass is 32.1. The molecule has 10 heteroatoms. The maximum atomic E-state index is 14.8. The summed E-state index contributed by atoms with van der Waals surface area (Å²) in [6.07, 6.45) is 0.743. The lowest BCUT2D eigenvalue weighted by Gasteiger charge is -2.35. The zero-order chi connectivity index (χ0) is 19.8. The molecule has 0 radical (unpaired) electrons. The molecule has 0 saturated carbocycles. The Morgan fingerprint density at radius 1 is 1.21 bits per heavy atom. The minimum absolute atomic E-state index is 0.0435. The first-order chi connectivity index (χ1) is 13.4. The second-order valence-corrected chi connectivity index (χ2v) is 8.06. The zero-order valence-electron chi connectivity index (χ0n) is 15.1. The lowest BCUT2D eigenvalue weighted by Crippen LogP contribution is -2.48. The Balaban J connectivity index is 1.48. The molecule has 28 heavy (non-hydrogen) atoms. The van der Waals surface area contributed by atoms with Gasteiger partial charge in [-0.25, -0.2) is 18.2 Å². The van der Waals surface area contributed by atoms with Gasteiger partial charge in [-0.3, -0.25) is 4.79 Å². The van der Waals surface area contributed by atoms with Crippen molar-refractivity contribution in [1.82, 2.24) is 15.2 Å². The Hall–Kier alpha value is -2.49. The number of anilines is 1. The SMILES string of the molecule is Cc1nnc(N2CC[C@H](C(=O)N3N=CC[C@H]3c3cc(F)cc(F)c3)[C@H](F)C2)s1. The number of benzene rings is 1. The second-order valence-electron chi connectivity index (χ2n) is 6.90. The largest absolute Gasteiger partial charge is 0.344 e. The summed E-state index contributed by atoms with van der Waals surface area (Å²) in [6.45, 7) is 2.34. The van der Waals surface area contributed by atoms with Gasteiger partial charge in [0.05, 0.1) is 18.5 Å². The number of halogens is 3. The molecular formula is C18H18F3N5OS. The number of hydrazone groups is 1. The first-order valence-corrected chi connectivity index (χ1v) is 9.74. The van der Waals surface area contributed by atoms with Gasteiger partial charge in [-0.2, -0.15) is 5.10 Å². The van der Waals surface area contributed by atoms with Gasteiger partial charge in [-0.05, 0) is 31.0 Å². The Labute approximate surface area is 163 Å². The maximum Gasteiger partial charge on any atom is 0.249 e. The predicted octanol–water partition coefficient (Wildman–Crippen LogP) is 3.25. The summed E-state index contributed by atoms with van der Waals surface area (Å²) in [5, 5.41) is 14.6. The standard InChI is InChI=1S/C18H18F3N5OS/c1-10-23-24-18(28-10)25-5-3-14(15(21)9-25)17(27)26-16(2-4-22-26)11-6-12(19)8-13(20)7-11/h4,6-8,14-16H,2-3,5,9H2,1H3/t14-,15+,16-/m0/s1. The monoisotopic (exact) mass is 409 g/mol. The van der Waals surface area contributed by atoms with E-state index in [0.717, 1.165) is 16.1 Å². The molecule has 0 unspecified atom stereocenters. The molecule has 0 N–H and O–H groups in total. The van der Waals surface area contributed by atoms with E-state index < -0.39 is 35.7 Å². The van der Waals surface area contributed by atoms with Crippen LogP contribution in [0.25, 0.3) is 0 Å². The molecule has 1 saturated heterocycles. The van der Waals surface area contributed by atoms with Crippen molar-refractivity contribution in [3.63, 3.8) is 0 Å². The number of carbonyl (C=O) groups is 1. The van der Waals surface area contributed by atoms with E-state index in [9.17, 15) is 18.0 Å². The molecule has 2 aliphatic heterocycles. The molecule has 1 fully saturated rings. The topological polar surface area (TPSA) is 61.7 Å². The smallest absolute Gasteiger partial charge is 0.249 e. The van der Waals surface area contributed by atoms with E-state index in [2.05, 4.69) is 15.3 Å². The average molecular weight is 409 g/mol. The van der Waals surface area contributed by atoms with Crippen LogP contribution in [0.5, 0.6) is 0 Å². The van der Waals surface area contributed by atoms with Gasteiger partial charge < -0.3 is 4.90 Å². The van der Waals surface area contributed by atoms with Crippen LogP contribution in [0, 0.1) is 24.5 Å². The van der Waals surface area contributed by atoms with Crippen LogP contribution in [0.3, 0.4) is 0 Å². The first kappa shape index (κ1) is 18.9. The third-order valence-corrected chi connectivity index (χ3v) is 5.87. The summed E-state index contributed by atoms with van der Waals surface area (Å²) in [7, 11) is 0. The van der Waals surface area contributed by atoms with Gasteiger partial charge in [0.2, 0.25) is 11.0 Å². The molecule has 6 nitrogen and oxygen atoms in total. The molecular weight excluding hydrogens is 391 g/mol. The summed E-state index contributed by atoms with van der Waals surface area (Å²) in [5.74, 6) is -2.78. The van der Waals surface area contributed by atoms with Gasteiger partial charge in [-0.1, -0.05) is 11.3 Å². The van der Waals surface area contributed by atoms with E-state index in [-0.39, 0.29) is 6.54 Å². The first-order valence-electron chi connectivity index (χ1n) is 8.93. The van der Waals surface area contributed by atoms with E-state index >= 15 is 0 Å². The molecule has 2 aromatic rings. The van der Waals surface area contributed by atoms with Gasteiger partial charge in [0.25, 0.3) is 0 Å². The van der Waals surface area contributed by atoms with E-state index in [1.165, 1.54) is 29.7 Å². The van der Waals surface area contributed by atoms with Crippen LogP contribution in [0.1, 0.15) is 29.5 Å². The molecule has 1 aromatic heterocycles. The van der Waals surface area contributed by atoms with Crippen molar-refractivity contribution in [2.24, 2.45) is 11.0 Å². The zero-order valence-corrected chi connectivity index (χ0v) is 15.9. The van der Waals surface area contributed by atoms with Gasteiger partial charge in [0.15, 0.2) is 0 Å². The number of nitrogens with zero attached hydrogens (tertiary/aromatic N) is 5. The van der Waals surface area contributed by atoms with Gasteiger partial charge in [-0.15, -0.1) is 10.2 Å². The molecule has 0 bridgehead atoms. The Kier molecular flexibility index (Phi) is 5.05. The average Bonchev–Trinajstić information content (AvgIpc) is 3.29. The molecule has 4 rings (SSSR count). The molecule has 1 aromatic carbocycles. The van der Waals surface area contributed by atoms with Crippen LogP contribution in [-0.4, -0.2) is 46.6 Å². The summed E-state index contributed by atoms with van der Waals surface area (Å²) >= 11 is 1.38. The lowest BCUT2D eigenvalue weighted by atomic mass is 9.93. The number of piperidine rings is 1. The van der Waals surface area contributed by atoms with Crippen molar-refractivity contribution in [1.29, 1.82) is 0 Å². The van der Waals surface area contributed by atoms with Crippen molar-refractivity contribution < 1.29 is 18.0 Å². The van der Waals surface area contributed by atoms with E-state index in [1.54, 1.807) is 4.90 Å². The van der Waals surface area contributed by atoms with Gasteiger partial charge in [0, 0.05) is 25.2 Å². The minimum Gasteiger partial charge on any atom is -0.344 e. The fraction of sp³-hybridized carbons (Fsp3) is 0.444. The molecule has 2 aliphatic rings. The number of carbonyl (C=O) groups excluding carboxylic acids is 1. The van der Waals surface area contributed by atoms with Crippen molar-refractivity contribution in [2.75, 3.05) is 18.0 Å². The third kappa shape index (κ3) is 3.60. The minimum atomic E-state index is -1.40. The van der Waals surface area contributed by atoms with E-state index in [1.807, 2.05) is 6.92 Å². The fourth-order valence-electron chi connectivity index (χ4n) is 3.61. The summed E-state index contributed by atoms with van der Waals surface area (Å²) in [6, 6.07) is 2.49. The van der Waals surface area contributed by atoms with Crippen LogP contribution < -0.4 is 4.90 Å². The Morgan fingerprint density at radius 3 is 2.61 bits per heavy atom. The number of hydrogen-bond acceptors (Lipinski definition) is 6. The molecule has 0 spiro atoms. The number of rotatable bonds is 3. The van der Waals surface area contributed by atoms with E-state index in [0.29, 0.717) is 30.1 Å². The highest BCUT2D eigenvalue weighted by molar-refractivity contribution is 7.15. The highest BCUT2D eigenvalue weighted by Gasteiger charge is 2.40. The molecule has 3 atom stereocenters. The number of hydrogen-bond donors (Lipinski definition) is 0. The second kappa shape index (κ2) is 7.50. The summed E-state index contributed by atoms with van der Waals surface area (Å²) in [5.41, 5.74) is 0.306. The van der Waals surface area contributed by atoms with Crippen LogP contribution in [-0.2, 0) is 4.79 Å². The number of alkyl halides is 1. The van der Waals surface area contributed by atoms with Crippen LogP contribution in [0.4, 0.5) is 18.3 Å². The van der Waals surface area contributed by atoms with Crippen LogP contribution in [0.15, 0.2) is 23.3 Å².